The number of hydrogen-bond acceptors (Lipinski definition) is 2. The van der Waals surface area contributed by atoms with Gasteiger partial charge in [0.15, 0.2) is 0 Å². The molecular weight excluding hydrogens is 162 g/mol. The van der Waals surface area contributed by atoms with Crippen molar-refractivity contribution in [1.82, 2.24) is 0 Å². The second-order valence-electron chi connectivity index (χ2n) is 3.88. The van der Waals surface area contributed by atoms with Crippen LogP contribution in [0.15, 0.2) is 24.3 Å². The summed E-state index contributed by atoms with van der Waals surface area (Å²) in [4.78, 5) is 0. The van der Waals surface area contributed by atoms with Crippen molar-refractivity contribution >= 4 is 0 Å². The molecule has 0 spiro atoms. The van der Waals surface area contributed by atoms with E-state index in [1.165, 1.54) is 12.8 Å². The number of benzene rings is 1. The lowest BCUT2D eigenvalue weighted by Crippen LogP contribution is -2.10. The number of nitrogens with two attached hydrogens (primary N) is 1. The van der Waals surface area contributed by atoms with Gasteiger partial charge in [0.05, 0.1) is 0 Å². The number of phenolic OH excluding ortho intramolecular Hbond substituents is 1. The summed E-state index contributed by atoms with van der Waals surface area (Å²) in [6.45, 7) is 0. The molecule has 70 valence electrons. The van der Waals surface area contributed by atoms with Crippen LogP contribution in [0.4, 0.5) is 0 Å². The Balaban J connectivity index is 2.04. The van der Waals surface area contributed by atoms with E-state index in [4.69, 9.17) is 5.73 Å². The molecule has 1 atom stereocenters. The van der Waals surface area contributed by atoms with Crippen molar-refractivity contribution < 1.29 is 5.11 Å². The molecule has 2 nitrogen and oxygen atoms in total. The van der Waals surface area contributed by atoms with E-state index in [-0.39, 0.29) is 6.04 Å². The summed E-state index contributed by atoms with van der Waals surface area (Å²) in [5, 5.41) is 9.26. The molecule has 2 rings (SSSR count). The van der Waals surface area contributed by atoms with Crippen LogP contribution in [-0.2, 0) is 0 Å². The van der Waals surface area contributed by atoms with Crippen molar-refractivity contribution in [1.29, 1.82) is 0 Å². The monoisotopic (exact) mass is 177 g/mol. The van der Waals surface area contributed by atoms with Crippen LogP contribution in [-0.4, -0.2) is 5.11 Å². The molecule has 0 bridgehead atoms. The van der Waals surface area contributed by atoms with Gasteiger partial charge in [0.25, 0.3) is 0 Å². The zero-order valence-corrected chi connectivity index (χ0v) is 7.61. The molecule has 3 N–H and O–H groups in total. The molecule has 0 unspecified atom stereocenters. The van der Waals surface area contributed by atoms with E-state index in [9.17, 15) is 5.11 Å². The first-order valence-corrected chi connectivity index (χ1v) is 4.80. The molecule has 1 aliphatic carbocycles. The summed E-state index contributed by atoms with van der Waals surface area (Å²) in [7, 11) is 0. The quantitative estimate of drug-likeness (QED) is 0.743. The highest BCUT2D eigenvalue weighted by Crippen LogP contribution is 2.36. The van der Waals surface area contributed by atoms with Crippen LogP contribution >= 0.6 is 0 Å². The average Bonchev–Trinajstić information content (AvgIpc) is 2.88. The van der Waals surface area contributed by atoms with Crippen LogP contribution in [0.5, 0.6) is 5.75 Å². The van der Waals surface area contributed by atoms with Gasteiger partial charge in [-0.2, -0.15) is 0 Å². The molecular formula is C11H15NO. The van der Waals surface area contributed by atoms with Gasteiger partial charge in [-0.3, -0.25) is 0 Å². The molecule has 0 heterocycles. The van der Waals surface area contributed by atoms with Crippen molar-refractivity contribution in [2.24, 2.45) is 11.7 Å². The van der Waals surface area contributed by atoms with Gasteiger partial charge in [-0.15, -0.1) is 0 Å². The molecule has 1 aromatic carbocycles. The number of rotatable bonds is 3. The lowest BCUT2D eigenvalue weighted by atomic mass is 10.0. The standard InChI is InChI=1S/C11H15NO/c12-11(6-8-4-5-8)9-2-1-3-10(13)7-9/h1-3,7-8,11,13H,4-6,12H2/t11-/m1/s1. The largest absolute Gasteiger partial charge is 0.508 e. The minimum absolute atomic E-state index is 0.0969. The van der Waals surface area contributed by atoms with Crippen molar-refractivity contribution in [3.63, 3.8) is 0 Å². The number of phenols is 1. The van der Waals surface area contributed by atoms with Crippen molar-refractivity contribution in [2.45, 2.75) is 25.3 Å². The van der Waals surface area contributed by atoms with E-state index >= 15 is 0 Å². The van der Waals surface area contributed by atoms with Gasteiger partial charge in [-0.05, 0) is 30.0 Å². The zero-order valence-electron chi connectivity index (χ0n) is 7.61. The van der Waals surface area contributed by atoms with Crippen molar-refractivity contribution in [3.8, 4) is 5.75 Å². The summed E-state index contributed by atoms with van der Waals surface area (Å²) in [5.74, 6) is 1.14. The minimum Gasteiger partial charge on any atom is -0.508 e. The maximum atomic E-state index is 9.26. The van der Waals surface area contributed by atoms with E-state index in [1.54, 1.807) is 12.1 Å². The zero-order chi connectivity index (χ0) is 9.26. The van der Waals surface area contributed by atoms with Gasteiger partial charge >= 0.3 is 0 Å². The summed E-state index contributed by atoms with van der Waals surface area (Å²) < 4.78 is 0. The average molecular weight is 177 g/mol. The first-order chi connectivity index (χ1) is 6.25. The Morgan fingerprint density at radius 1 is 1.46 bits per heavy atom. The van der Waals surface area contributed by atoms with E-state index < -0.39 is 0 Å². The predicted octanol–water partition coefficient (Wildman–Crippen LogP) is 2.19. The predicted molar refractivity (Wildman–Crippen MR) is 52.4 cm³/mol. The first-order valence-electron chi connectivity index (χ1n) is 4.80. The Morgan fingerprint density at radius 2 is 2.23 bits per heavy atom. The summed E-state index contributed by atoms with van der Waals surface area (Å²) >= 11 is 0. The van der Waals surface area contributed by atoms with Gasteiger partial charge in [0.2, 0.25) is 0 Å². The molecule has 0 amide bonds. The molecule has 13 heavy (non-hydrogen) atoms. The van der Waals surface area contributed by atoms with Gasteiger partial charge < -0.3 is 10.8 Å². The van der Waals surface area contributed by atoms with Crippen LogP contribution in [0.3, 0.4) is 0 Å². The molecule has 0 aromatic heterocycles. The molecule has 1 fully saturated rings. The third kappa shape index (κ3) is 2.22. The third-order valence-corrected chi connectivity index (χ3v) is 2.58. The molecule has 2 heteroatoms. The van der Waals surface area contributed by atoms with E-state index in [1.807, 2.05) is 12.1 Å². The highest BCUT2D eigenvalue weighted by Gasteiger charge is 2.24. The summed E-state index contributed by atoms with van der Waals surface area (Å²) in [6.07, 6.45) is 3.71. The van der Waals surface area contributed by atoms with Crippen LogP contribution in [0.25, 0.3) is 0 Å². The van der Waals surface area contributed by atoms with E-state index in [0.29, 0.717) is 5.75 Å². The SMILES string of the molecule is N[C@H](CC1CC1)c1cccc(O)c1. The smallest absolute Gasteiger partial charge is 0.115 e. The molecule has 0 saturated heterocycles. The topological polar surface area (TPSA) is 46.2 Å². The Labute approximate surface area is 78.4 Å². The molecule has 1 aliphatic rings. The first kappa shape index (κ1) is 8.57. The van der Waals surface area contributed by atoms with Crippen LogP contribution in [0, 0.1) is 5.92 Å². The molecule has 0 radical (unpaired) electrons. The minimum atomic E-state index is 0.0969. The maximum Gasteiger partial charge on any atom is 0.115 e. The van der Waals surface area contributed by atoms with Crippen LogP contribution in [0.1, 0.15) is 30.9 Å². The van der Waals surface area contributed by atoms with Gasteiger partial charge in [0.1, 0.15) is 5.75 Å². The summed E-state index contributed by atoms with van der Waals surface area (Å²) in [6, 6.07) is 7.35. The highest BCUT2D eigenvalue weighted by molar-refractivity contribution is 5.29. The number of aromatic hydroxyl groups is 1. The highest BCUT2D eigenvalue weighted by atomic mass is 16.3. The Hall–Kier alpha value is -1.02. The van der Waals surface area contributed by atoms with Gasteiger partial charge in [-0.25, -0.2) is 0 Å². The van der Waals surface area contributed by atoms with E-state index in [2.05, 4.69) is 0 Å². The maximum absolute atomic E-state index is 9.26. The Bertz CT molecular complexity index is 294. The van der Waals surface area contributed by atoms with E-state index in [0.717, 1.165) is 17.9 Å². The lowest BCUT2D eigenvalue weighted by Gasteiger charge is -2.11. The van der Waals surface area contributed by atoms with Crippen molar-refractivity contribution in [2.75, 3.05) is 0 Å². The fourth-order valence-corrected chi connectivity index (χ4v) is 1.60. The molecule has 0 aliphatic heterocycles. The van der Waals surface area contributed by atoms with Crippen LogP contribution < -0.4 is 5.73 Å². The van der Waals surface area contributed by atoms with Gasteiger partial charge in [-0.1, -0.05) is 25.0 Å². The number of hydrogen-bond donors (Lipinski definition) is 2. The Kier molecular flexibility index (Phi) is 2.23. The third-order valence-electron chi connectivity index (χ3n) is 2.58. The van der Waals surface area contributed by atoms with Crippen LogP contribution in [0.2, 0.25) is 0 Å². The second kappa shape index (κ2) is 3.38. The van der Waals surface area contributed by atoms with Crippen molar-refractivity contribution in [3.05, 3.63) is 29.8 Å². The van der Waals surface area contributed by atoms with Gasteiger partial charge in [0, 0.05) is 6.04 Å². The fourth-order valence-electron chi connectivity index (χ4n) is 1.60. The summed E-state index contributed by atoms with van der Waals surface area (Å²) in [5.41, 5.74) is 7.04. The Morgan fingerprint density at radius 3 is 2.85 bits per heavy atom. The normalized spacial score (nSPS) is 18.5. The molecule has 1 aromatic rings. The fraction of sp³-hybridized carbons (Fsp3) is 0.455. The lowest BCUT2D eigenvalue weighted by molar-refractivity contribution is 0.472. The molecule has 1 saturated carbocycles. The second-order valence-corrected chi connectivity index (χ2v) is 3.88.